The van der Waals surface area contributed by atoms with Gasteiger partial charge in [0.05, 0.1) is 13.7 Å². The monoisotopic (exact) mass is 325 g/mol. The third-order valence-electron chi connectivity index (χ3n) is 3.27. The van der Waals surface area contributed by atoms with E-state index in [0.29, 0.717) is 12.3 Å². The smallest absolute Gasteiger partial charge is 0.191 e. The lowest BCUT2D eigenvalue weighted by molar-refractivity contribution is 0.411. The third kappa shape index (κ3) is 6.05. The number of phenolic OH excluding ortho intramolecular Hbond substituents is 1. The van der Waals surface area contributed by atoms with Crippen molar-refractivity contribution in [2.75, 3.05) is 26.5 Å². The van der Waals surface area contributed by atoms with E-state index in [4.69, 9.17) is 4.74 Å². The van der Waals surface area contributed by atoms with Crippen molar-refractivity contribution in [3.8, 4) is 11.5 Å². The Labute approximate surface area is 137 Å². The molecule has 124 valence electrons. The molecule has 0 bridgehead atoms. The summed E-state index contributed by atoms with van der Waals surface area (Å²) in [7, 11) is 1.61. The molecule has 0 aliphatic heterocycles. The van der Waals surface area contributed by atoms with E-state index < -0.39 is 0 Å². The summed E-state index contributed by atoms with van der Waals surface area (Å²) in [4.78, 5) is 4.53. The molecule has 1 aromatic carbocycles. The number of nitrogens with zero attached hydrogens (tertiary/aromatic N) is 1. The second-order valence-corrected chi connectivity index (χ2v) is 7.02. The van der Waals surface area contributed by atoms with E-state index in [-0.39, 0.29) is 10.5 Å². The normalized spacial score (nSPS) is 12.1. The Morgan fingerprint density at radius 1 is 1.36 bits per heavy atom. The van der Waals surface area contributed by atoms with E-state index in [1.807, 2.05) is 18.7 Å². The summed E-state index contributed by atoms with van der Waals surface area (Å²) >= 11 is 1.81. The lowest BCUT2D eigenvalue weighted by Crippen LogP contribution is -2.43. The fraction of sp³-hybridized carbons (Fsp3) is 0.562. The van der Waals surface area contributed by atoms with Crippen molar-refractivity contribution < 1.29 is 9.84 Å². The lowest BCUT2D eigenvalue weighted by Gasteiger charge is -2.23. The summed E-state index contributed by atoms with van der Waals surface area (Å²) < 4.78 is 5.31. The summed E-state index contributed by atoms with van der Waals surface area (Å²) in [6.07, 6.45) is 2.10. The van der Waals surface area contributed by atoms with E-state index in [0.717, 1.165) is 24.6 Å². The molecule has 0 spiro atoms. The van der Waals surface area contributed by atoms with Crippen molar-refractivity contribution >= 4 is 17.7 Å². The summed E-state index contributed by atoms with van der Waals surface area (Å²) in [6, 6.07) is 5.15. The number of ether oxygens (including phenoxy) is 1. The molecule has 0 radical (unpaired) electrons. The van der Waals surface area contributed by atoms with Crippen LogP contribution in [0.3, 0.4) is 0 Å². The van der Waals surface area contributed by atoms with Crippen LogP contribution in [0.2, 0.25) is 0 Å². The first kappa shape index (κ1) is 18.5. The molecule has 3 N–H and O–H groups in total. The van der Waals surface area contributed by atoms with Gasteiger partial charge >= 0.3 is 0 Å². The first-order valence-corrected chi connectivity index (χ1v) is 8.57. The standard InChI is InChI=1S/C16H27N3O2S/c1-6-17-15(19-11-16(2,3)22-5)18-10-12-9-13(21-4)7-8-14(12)20/h7-9,20H,6,10-11H2,1-5H3,(H2,17,18,19). The van der Waals surface area contributed by atoms with Gasteiger partial charge in [0.1, 0.15) is 11.5 Å². The molecule has 5 nitrogen and oxygen atoms in total. The SMILES string of the molecule is CCNC(=NCc1cc(OC)ccc1O)NCC(C)(C)SC. The van der Waals surface area contributed by atoms with Crippen LogP contribution < -0.4 is 15.4 Å². The number of hydrogen-bond acceptors (Lipinski definition) is 4. The first-order chi connectivity index (χ1) is 10.4. The topological polar surface area (TPSA) is 65.9 Å². The van der Waals surface area contributed by atoms with Gasteiger partial charge < -0.3 is 20.5 Å². The predicted octanol–water partition coefficient (Wildman–Crippen LogP) is 2.60. The maximum Gasteiger partial charge on any atom is 0.191 e. The number of aromatic hydroxyl groups is 1. The fourth-order valence-electron chi connectivity index (χ4n) is 1.69. The number of guanidine groups is 1. The maximum atomic E-state index is 9.90. The molecule has 6 heteroatoms. The summed E-state index contributed by atoms with van der Waals surface area (Å²) in [5.74, 6) is 1.68. The van der Waals surface area contributed by atoms with Gasteiger partial charge in [0, 0.05) is 23.4 Å². The second-order valence-electron chi connectivity index (χ2n) is 5.51. The number of nitrogens with one attached hydrogen (secondary N) is 2. The molecule has 1 rings (SSSR count). The quantitative estimate of drug-likeness (QED) is 0.531. The molecule has 0 heterocycles. The molecular formula is C16H27N3O2S. The summed E-state index contributed by atoms with van der Waals surface area (Å²) in [5.41, 5.74) is 0.737. The van der Waals surface area contributed by atoms with E-state index in [2.05, 4.69) is 35.7 Å². The van der Waals surface area contributed by atoms with Crippen LogP contribution in [-0.2, 0) is 6.54 Å². The van der Waals surface area contributed by atoms with Gasteiger partial charge in [-0.25, -0.2) is 4.99 Å². The molecule has 0 saturated carbocycles. The van der Waals surface area contributed by atoms with E-state index in [1.165, 1.54) is 0 Å². The van der Waals surface area contributed by atoms with Crippen molar-refractivity contribution in [1.29, 1.82) is 0 Å². The number of thioether (sulfide) groups is 1. The van der Waals surface area contributed by atoms with Crippen LogP contribution >= 0.6 is 11.8 Å². The average molecular weight is 325 g/mol. The minimum absolute atomic E-state index is 0.133. The minimum atomic E-state index is 0.133. The third-order valence-corrected chi connectivity index (χ3v) is 4.52. The van der Waals surface area contributed by atoms with Crippen LogP contribution in [0.4, 0.5) is 0 Å². The van der Waals surface area contributed by atoms with E-state index >= 15 is 0 Å². The molecule has 0 aliphatic carbocycles. The highest BCUT2D eigenvalue weighted by molar-refractivity contribution is 7.99. The number of benzene rings is 1. The van der Waals surface area contributed by atoms with Crippen LogP contribution in [0.5, 0.6) is 11.5 Å². The number of hydrogen-bond donors (Lipinski definition) is 3. The van der Waals surface area contributed by atoms with Gasteiger partial charge in [-0.15, -0.1) is 0 Å². The van der Waals surface area contributed by atoms with E-state index in [9.17, 15) is 5.11 Å². The Bertz CT molecular complexity index is 504. The summed E-state index contributed by atoms with van der Waals surface area (Å²) in [5, 5.41) is 16.5. The lowest BCUT2D eigenvalue weighted by atomic mass is 10.2. The van der Waals surface area contributed by atoms with Crippen LogP contribution in [0, 0.1) is 0 Å². The molecule has 0 amide bonds. The van der Waals surface area contributed by atoms with Crippen molar-refractivity contribution in [2.24, 2.45) is 4.99 Å². The number of phenols is 1. The molecule has 0 atom stereocenters. The van der Waals surface area contributed by atoms with Gasteiger partial charge in [-0.2, -0.15) is 11.8 Å². The molecule has 0 aliphatic rings. The molecule has 0 aromatic heterocycles. The van der Waals surface area contributed by atoms with Gasteiger partial charge in [0.2, 0.25) is 0 Å². The molecule has 1 aromatic rings. The van der Waals surface area contributed by atoms with Crippen LogP contribution in [-0.4, -0.2) is 42.3 Å². The van der Waals surface area contributed by atoms with Gasteiger partial charge in [0.15, 0.2) is 5.96 Å². The molecular weight excluding hydrogens is 298 g/mol. The van der Waals surface area contributed by atoms with Gasteiger partial charge in [-0.05, 0) is 45.2 Å². The molecule has 0 fully saturated rings. The molecule has 22 heavy (non-hydrogen) atoms. The number of methoxy groups -OCH3 is 1. The zero-order valence-corrected chi connectivity index (χ0v) is 14.9. The van der Waals surface area contributed by atoms with Crippen molar-refractivity contribution in [3.05, 3.63) is 23.8 Å². The van der Waals surface area contributed by atoms with Crippen molar-refractivity contribution in [1.82, 2.24) is 10.6 Å². The minimum Gasteiger partial charge on any atom is -0.508 e. The van der Waals surface area contributed by atoms with Gasteiger partial charge in [-0.3, -0.25) is 0 Å². The van der Waals surface area contributed by atoms with Crippen molar-refractivity contribution in [2.45, 2.75) is 32.1 Å². The Morgan fingerprint density at radius 2 is 2.09 bits per heavy atom. The zero-order chi connectivity index (χ0) is 16.6. The zero-order valence-electron chi connectivity index (χ0n) is 14.1. The average Bonchev–Trinajstić information content (AvgIpc) is 2.51. The number of rotatable bonds is 7. The Balaban J connectivity index is 2.77. The Morgan fingerprint density at radius 3 is 2.68 bits per heavy atom. The maximum absolute atomic E-state index is 9.90. The highest BCUT2D eigenvalue weighted by atomic mass is 32.2. The van der Waals surface area contributed by atoms with Gasteiger partial charge in [-0.1, -0.05) is 0 Å². The first-order valence-electron chi connectivity index (χ1n) is 7.35. The second kappa shape index (κ2) is 8.78. The van der Waals surface area contributed by atoms with Crippen LogP contribution in [0.1, 0.15) is 26.3 Å². The molecule has 0 saturated heterocycles. The summed E-state index contributed by atoms with van der Waals surface area (Å²) in [6.45, 7) is 8.38. The predicted molar refractivity (Wildman–Crippen MR) is 95.1 cm³/mol. The van der Waals surface area contributed by atoms with Crippen molar-refractivity contribution in [3.63, 3.8) is 0 Å². The largest absolute Gasteiger partial charge is 0.508 e. The van der Waals surface area contributed by atoms with Crippen LogP contribution in [0.25, 0.3) is 0 Å². The van der Waals surface area contributed by atoms with Gasteiger partial charge in [0.25, 0.3) is 0 Å². The highest BCUT2D eigenvalue weighted by Gasteiger charge is 2.16. The Hall–Kier alpha value is -1.56. The number of aliphatic imine (C=N–C) groups is 1. The van der Waals surface area contributed by atoms with Crippen LogP contribution in [0.15, 0.2) is 23.2 Å². The van der Waals surface area contributed by atoms with E-state index in [1.54, 1.807) is 25.3 Å². The molecule has 0 unspecified atom stereocenters. The highest BCUT2D eigenvalue weighted by Crippen LogP contribution is 2.23. The Kier molecular flexibility index (Phi) is 7.38. The fourth-order valence-corrected chi connectivity index (χ4v) is 1.91.